The molecule has 0 heterocycles. The van der Waals surface area contributed by atoms with E-state index in [1.807, 2.05) is 0 Å². The van der Waals surface area contributed by atoms with Crippen molar-refractivity contribution in [1.82, 2.24) is 5.32 Å². The molecule has 0 radical (unpaired) electrons. The molecule has 0 rings (SSSR count). The first-order valence-electron chi connectivity index (χ1n) is 5.38. The van der Waals surface area contributed by atoms with Crippen molar-refractivity contribution in [3.63, 3.8) is 0 Å². The minimum Gasteiger partial charge on any atom is -0.480 e. The van der Waals surface area contributed by atoms with E-state index in [1.165, 1.54) is 0 Å². The van der Waals surface area contributed by atoms with E-state index in [9.17, 15) is 9.59 Å². The first-order valence-corrected chi connectivity index (χ1v) is 5.38. The van der Waals surface area contributed by atoms with Crippen LogP contribution < -0.4 is 5.32 Å². The van der Waals surface area contributed by atoms with Crippen LogP contribution in [0.25, 0.3) is 0 Å². The molecule has 0 bridgehead atoms. The van der Waals surface area contributed by atoms with E-state index >= 15 is 0 Å². The van der Waals surface area contributed by atoms with E-state index < -0.39 is 23.7 Å². The van der Waals surface area contributed by atoms with Gasteiger partial charge in [0.2, 0.25) is 0 Å². The van der Waals surface area contributed by atoms with Crippen LogP contribution >= 0.6 is 0 Å². The maximum absolute atomic E-state index is 11.4. The average molecular weight is 241 g/mol. The highest BCUT2D eigenvalue weighted by Gasteiger charge is 2.23. The molecule has 17 heavy (non-hydrogen) atoms. The van der Waals surface area contributed by atoms with Crippen LogP contribution in [0, 0.1) is 11.8 Å². The maximum Gasteiger partial charge on any atom is 0.408 e. The van der Waals surface area contributed by atoms with E-state index in [2.05, 4.69) is 17.2 Å². The number of hydrogen-bond donors (Lipinski definition) is 2. The number of ether oxygens (including phenoxy) is 1. The quantitative estimate of drug-likeness (QED) is 0.735. The Morgan fingerprint density at radius 3 is 2.41 bits per heavy atom. The summed E-state index contributed by atoms with van der Waals surface area (Å²) in [6.07, 6.45) is -0.0482. The number of carboxylic acid groups (broad SMARTS) is 1. The van der Waals surface area contributed by atoms with E-state index in [0.29, 0.717) is 6.42 Å². The van der Waals surface area contributed by atoms with Gasteiger partial charge in [-0.15, -0.1) is 11.8 Å². The molecule has 0 aromatic heterocycles. The average Bonchev–Trinajstić information content (AvgIpc) is 2.13. The molecule has 0 aliphatic carbocycles. The number of aliphatic carboxylic acids is 1. The van der Waals surface area contributed by atoms with Gasteiger partial charge in [0.05, 0.1) is 0 Å². The van der Waals surface area contributed by atoms with E-state index in [1.54, 1.807) is 27.7 Å². The fourth-order valence-electron chi connectivity index (χ4n) is 1.05. The zero-order valence-electron chi connectivity index (χ0n) is 10.7. The van der Waals surface area contributed by atoms with Crippen molar-refractivity contribution in [1.29, 1.82) is 0 Å². The molecule has 0 aliphatic heterocycles. The summed E-state index contributed by atoms with van der Waals surface area (Å²) in [5.74, 6) is 4.33. The predicted molar refractivity (Wildman–Crippen MR) is 63.5 cm³/mol. The lowest BCUT2D eigenvalue weighted by Gasteiger charge is -2.21. The number of alkyl carbamates (subject to hydrolysis) is 1. The molecule has 0 aromatic carbocycles. The van der Waals surface area contributed by atoms with Crippen molar-refractivity contribution >= 4 is 12.1 Å². The first-order chi connectivity index (χ1) is 7.76. The van der Waals surface area contributed by atoms with E-state index in [4.69, 9.17) is 9.84 Å². The van der Waals surface area contributed by atoms with Gasteiger partial charge >= 0.3 is 12.1 Å². The number of carbonyl (C=O) groups is 2. The lowest BCUT2D eigenvalue weighted by molar-refractivity contribution is -0.139. The number of carbonyl (C=O) groups excluding carboxylic acids is 1. The highest BCUT2D eigenvalue weighted by atomic mass is 16.6. The van der Waals surface area contributed by atoms with Crippen molar-refractivity contribution in [2.75, 3.05) is 0 Å². The van der Waals surface area contributed by atoms with Gasteiger partial charge in [-0.1, -0.05) is 0 Å². The van der Waals surface area contributed by atoms with E-state index in [-0.39, 0.29) is 6.42 Å². The number of nitrogens with one attached hydrogen (secondary N) is 1. The van der Waals surface area contributed by atoms with Gasteiger partial charge in [-0.25, -0.2) is 9.59 Å². The topological polar surface area (TPSA) is 75.6 Å². The minimum atomic E-state index is -1.09. The Bertz CT molecular complexity index is 333. The molecule has 0 saturated heterocycles. The van der Waals surface area contributed by atoms with Crippen LogP contribution in [0.2, 0.25) is 0 Å². The van der Waals surface area contributed by atoms with Gasteiger partial charge in [-0.05, 0) is 34.1 Å². The van der Waals surface area contributed by atoms with Crippen LogP contribution in [0.5, 0.6) is 0 Å². The molecule has 0 aliphatic rings. The maximum atomic E-state index is 11.4. The van der Waals surface area contributed by atoms with Crippen molar-refractivity contribution in [2.45, 2.75) is 52.2 Å². The summed E-state index contributed by atoms with van der Waals surface area (Å²) < 4.78 is 4.98. The summed E-state index contributed by atoms with van der Waals surface area (Å²) in [5.41, 5.74) is -0.642. The Kier molecular flexibility index (Phi) is 6.11. The van der Waals surface area contributed by atoms with Crippen LogP contribution in [0.15, 0.2) is 0 Å². The molecule has 0 aromatic rings. The molecule has 1 amide bonds. The Hall–Kier alpha value is -1.70. The van der Waals surface area contributed by atoms with Gasteiger partial charge in [-0.3, -0.25) is 0 Å². The molecule has 0 spiro atoms. The highest BCUT2D eigenvalue weighted by molar-refractivity contribution is 5.79. The van der Waals surface area contributed by atoms with Gasteiger partial charge in [0.25, 0.3) is 0 Å². The molecule has 1 atom stereocenters. The van der Waals surface area contributed by atoms with Crippen LogP contribution in [-0.4, -0.2) is 28.8 Å². The van der Waals surface area contributed by atoms with Crippen LogP contribution in [-0.2, 0) is 9.53 Å². The number of carboxylic acids is 1. The number of amides is 1. The smallest absolute Gasteiger partial charge is 0.408 e. The summed E-state index contributed by atoms with van der Waals surface area (Å²) in [6.45, 7) is 6.82. The molecule has 1 unspecified atom stereocenters. The second-order valence-corrected chi connectivity index (χ2v) is 4.50. The molecular formula is C12H19NO4. The highest BCUT2D eigenvalue weighted by Crippen LogP contribution is 2.07. The lowest BCUT2D eigenvalue weighted by Crippen LogP contribution is -2.43. The SMILES string of the molecule is CC#CCCC(NC(=O)OC(C)(C)C)C(=O)O. The monoisotopic (exact) mass is 241 g/mol. The second-order valence-electron chi connectivity index (χ2n) is 4.50. The Morgan fingerprint density at radius 2 is 2.00 bits per heavy atom. The molecule has 2 N–H and O–H groups in total. The van der Waals surface area contributed by atoms with Crippen LogP contribution in [0.4, 0.5) is 4.79 Å². The van der Waals surface area contributed by atoms with E-state index in [0.717, 1.165) is 0 Å². The molecular weight excluding hydrogens is 222 g/mol. The van der Waals surface area contributed by atoms with Crippen molar-refractivity contribution in [3.05, 3.63) is 0 Å². The molecule has 0 saturated carbocycles. The van der Waals surface area contributed by atoms with Crippen molar-refractivity contribution in [3.8, 4) is 11.8 Å². The van der Waals surface area contributed by atoms with Gasteiger partial charge in [0.15, 0.2) is 0 Å². The largest absolute Gasteiger partial charge is 0.480 e. The van der Waals surface area contributed by atoms with Gasteiger partial charge < -0.3 is 15.2 Å². The fraction of sp³-hybridized carbons (Fsp3) is 0.667. The van der Waals surface area contributed by atoms with Crippen LogP contribution in [0.1, 0.15) is 40.5 Å². The second kappa shape index (κ2) is 6.79. The fourth-order valence-corrected chi connectivity index (χ4v) is 1.05. The predicted octanol–water partition coefficient (Wildman–Crippen LogP) is 1.77. The standard InChI is InChI=1S/C12H19NO4/c1-5-6-7-8-9(10(14)15)13-11(16)17-12(2,3)4/h9H,7-8H2,1-4H3,(H,13,16)(H,14,15). The Balaban J connectivity index is 4.28. The molecule has 5 nitrogen and oxygen atoms in total. The number of rotatable bonds is 4. The van der Waals surface area contributed by atoms with Gasteiger partial charge in [0.1, 0.15) is 11.6 Å². The summed E-state index contributed by atoms with van der Waals surface area (Å²) in [6, 6.07) is -0.967. The Labute approximate surface area is 102 Å². The van der Waals surface area contributed by atoms with Crippen molar-refractivity contribution < 1.29 is 19.4 Å². The van der Waals surface area contributed by atoms with Gasteiger partial charge in [0, 0.05) is 6.42 Å². The molecule has 0 fully saturated rings. The molecule has 96 valence electrons. The molecule has 5 heteroatoms. The third kappa shape index (κ3) is 8.14. The summed E-state index contributed by atoms with van der Waals surface area (Å²) >= 11 is 0. The Morgan fingerprint density at radius 1 is 1.41 bits per heavy atom. The van der Waals surface area contributed by atoms with Crippen molar-refractivity contribution in [2.24, 2.45) is 0 Å². The minimum absolute atomic E-state index is 0.259. The lowest BCUT2D eigenvalue weighted by atomic mass is 10.1. The zero-order chi connectivity index (χ0) is 13.5. The third-order valence-electron chi connectivity index (χ3n) is 1.72. The van der Waals surface area contributed by atoms with Crippen LogP contribution in [0.3, 0.4) is 0 Å². The summed E-state index contributed by atoms with van der Waals surface area (Å²) in [4.78, 5) is 22.2. The normalized spacial score (nSPS) is 12.0. The number of hydrogen-bond acceptors (Lipinski definition) is 3. The first kappa shape index (κ1) is 15.3. The zero-order valence-corrected chi connectivity index (χ0v) is 10.7. The third-order valence-corrected chi connectivity index (χ3v) is 1.72. The summed E-state index contributed by atoms with van der Waals surface area (Å²) in [5, 5.41) is 11.2. The van der Waals surface area contributed by atoms with Gasteiger partial charge in [-0.2, -0.15) is 0 Å². The summed E-state index contributed by atoms with van der Waals surface area (Å²) in [7, 11) is 0.